The van der Waals surface area contributed by atoms with Crippen LogP contribution in [0.5, 0.6) is 0 Å². The molecule has 0 heterocycles. The fourth-order valence-corrected chi connectivity index (χ4v) is 1.79. The van der Waals surface area contributed by atoms with Gasteiger partial charge in [0, 0.05) is 44.5 Å². The second kappa shape index (κ2) is 11.9. The molecule has 0 amide bonds. The Kier molecular flexibility index (Phi) is 11.1. The molecule has 0 aliphatic carbocycles. The first-order chi connectivity index (χ1) is 10.5. The van der Waals surface area contributed by atoms with Crippen molar-refractivity contribution >= 4 is 41.3 Å². The standard InChI is InChI=1S/C15H25N5O2.HI/c1-12(2)8-9-18-15(16-3)19-11-10-17-13-4-6-14(7-5-13)20(21)22;/h4-7,12,17H,8-11H2,1-3H3,(H2,16,18,19);1H. The molecular weight excluding hydrogens is 409 g/mol. The number of nitrogens with one attached hydrogen (secondary N) is 3. The minimum atomic E-state index is -0.405. The Morgan fingerprint density at radius 3 is 2.30 bits per heavy atom. The van der Waals surface area contributed by atoms with Gasteiger partial charge in [-0.05, 0) is 24.5 Å². The zero-order valence-electron chi connectivity index (χ0n) is 13.8. The van der Waals surface area contributed by atoms with Gasteiger partial charge in [-0.3, -0.25) is 15.1 Å². The predicted molar refractivity (Wildman–Crippen MR) is 106 cm³/mol. The fourth-order valence-electron chi connectivity index (χ4n) is 1.79. The molecule has 0 aliphatic rings. The molecule has 0 unspecified atom stereocenters. The van der Waals surface area contributed by atoms with Crippen molar-refractivity contribution < 1.29 is 4.92 Å². The lowest BCUT2D eigenvalue weighted by Gasteiger charge is -2.13. The molecule has 0 saturated carbocycles. The molecule has 7 nitrogen and oxygen atoms in total. The lowest BCUT2D eigenvalue weighted by molar-refractivity contribution is -0.384. The van der Waals surface area contributed by atoms with E-state index in [9.17, 15) is 10.1 Å². The summed E-state index contributed by atoms with van der Waals surface area (Å²) in [6.45, 7) is 6.67. The van der Waals surface area contributed by atoms with Gasteiger partial charge < -0.3 is 16.0 Å². The summed E-state index contributed by atoms with van der Waals surface area (Å²) in [5.74, 6) is 1.44. The number of hydrogen-bond donors (Lipinski definition) is 3. The van der Waals surface area contributed by atoms with Gasteiger partial charge in [0.15, 0.2) is 5.96 Å². The number of non-ortho nitro benzene ring substituents is 1. The van der Waals surface area contributed by atoms with Gasteiger partial charge in [-0.15, -0.1) is 24.0 Å². The second-order valence-electron chi connectivity index (χ2n) is 5.34. The minimum Gasteiger partial charge on any atom is -0.383 e. The number of aliphatic imine (C=N–C) groups is 1. The first kappa shape index (κ1) is 21.4. The van der Waals surface area contributed by atoms with Crippen molar-refractivity contribution in [3.8, 4) is 0 Å². The Hall–Kier alpha value is -1.58. The van der Waals surface area contributed by atoms with Crippen molar-refractivity contribution in [3.63, 3.8) is 0 Å². The van der Waals surface area contributed by atoms with Crippen LogP contribution in [0.4, 0.5) is 11.4 Å². The normalized spacial score (nSPS) is 10.9. The summed E-state index contributed by atoms with van der Waals surface area (Å²) in [5, 5.41) is 20.2. The summed E-state index contributed by atoms with van der Waals surface area (Å²) >= 11 is 0. The van der Waals surface area contributed by atoms with Gasteiger partial charge >= 0.3 is 0 Å². The predicted octanol–water partition coefficient (Wildman–Crippen LogP) is 2.84. The lowest BCUT2D eigenvalue weighted by Crippen LogP contribution is -2.40. The van der Waals surface area contributed by atoms with Crippen molar-refractivity contribution in [1.29, 1.82) is 0 Å². The van der Waals surface area contributed by atoms with Gasteiger partial charge in [-0.2, -0.15) is 0 Å². The number of guanidine groups is 1. The molecule has 8 heteroatoms. The molecule has 1 aromatic carbocycles. The molecule has 130 valence electrons. The maximum absolute atomic E-state index is 10.6. The van der Waals surface area contributed by atoms with Crippen LogP contribution in [0.15, 0.2) is 29.3 Å². The molecule has 0 saturated heterocycles. The number of nitro benzene ring substituents is 1. The van der Waals surface area contributed by atoms with E-state index in [1.807, 2.05) is 0 Å². The maximum atomic E-state index is 10.6. The minimum absolute atomic E-state index is 0. The van der Waals surface area contributed by atoms with Crippen LogP contribution < -0.4 is 16.0 Å². The number of nitro groups is 1. The Morgan fingerprint density at radius 2 is 1.78 bits per heavy atom. The number of anilines is 1. The molecule has 0 spiro atoms. The average Bonchev–Trinajstić information content (AvgIpc) is 2.49. The Balaban J connectivity index is 0.00000484. The van der Waals surface area contributed by atoms with Gasteiger partial charge in [0.05, 0.1) is 4.92 Å². The second-order valence-corrected chi connectivity index (χ2v) is 5.34. The van der Waals surface area contributed by atoms with Gasteiger partial charge in [-0.25, -0.2) is 0 Å². The molecule has 0 radical (unpaired) electrons. The van der Waals surface area contributed by atoms with Crippen LogP contribution in [-0.2, 0) is 0 Å². The smallest absolute Gasteiger partial charge is 0.269 e. The summed E-state index contributed by atoms with van der Waals surface area (Å²) in [6, 6.07) is 6.38. The topological polar surface area (TPSA) is 91.6 Å². The van der Waals surface area contributed by atoms with Crippen LogP contribution >= 0.6 is 24.0 Å². The number of hydrogen-bond acceptors (Lipinski definition) is 4. The Morgan fingerprint density at radius 1 is 1.17 bits per heavy atom. The molecule has 0 bridgehead atoms. The third-order valence-corrected chi connectivity index (χ3v) is 3.06. The van der Waals surface area contributed by atoms with E-state index in [2.05, 4.69) is 34.8 Å². The highest BCUT2D eigenvalue weighted by atomic mass is 127. The molecular formula is C15H26IN5O2. The van der Waals surface area contributed by atoms with Crippen LogP contribution in [0.2, 0.25) is 0 Å². The molecule has 0 fully saturated rings. The summed E-state index contributed by atoms with van der Waals surface area (Å²) in [5.41, 5.74) is 0.952. The van der Waals surface area contributed by atoms with Crippen molar-refractivity contribution in [2.24, 2.45) is 10.9 Å². The molecule has 0 atom stereocenters. The highest BCUT2D eigenvalue weighted by Gasteiger charge is 2.03. The molecule has 0 aliphatic heterocycles. The lowest BCUT2D eigenvalue weighted by atomic mass is 10.1. The van der Waals surface area contributed by atoms with E-state index in [4.69, 9.17) is 0 Å². The van der Waals surface area contributed by atoms with Crippen LogP contribution in [0, 0.1) is 16.0 Å². The first-order valence-electron chi connectivity index (χ1n) is 7.45. The van der Waals surface area contributed by atoms with Gasteiger partial charge in [0.25, 0.3) is 5.69 Å². The van der Waals surface area contributed by atoms with Crippen LogP contribution in [0.25, 0.3) is 0 Å². The Labute approximate surface area is 154 Å². The van der Waals surface area contributed by atoms with Gasteiger partial charge in [0.1, 0.15) is 0 Å². The quantitative estimate of drug-likeness (QED) is 0.146. The summed E-state index contributed by atoms with van der Waals surface area (Å²) in [6.07, 6.45) is 1.10. The van der Waals surface area contributed by atoms with Gasteiger partial charge in [-0.1, -0.05) is 13.8 Å². The molecule has 1 aromatic rings. The molecule has 23 heavy (non-hydrogen) atoms. The van der Waals surface area contributed by atoms with Crippen LogP contribution in [-0.4, -0.2) is 37.6 Å². The van der Waals surface area contributed by atoms with E-state index in [0.717, 1.165) is 24.6 Å². The third kappa shape index (κ3) is 9.22. The fraction of sp³-hybridized carbons (Fsp3) is 0.533. The van der Waals surface area contributed by atoms with Crippen LogP contribution in [0.3, 0.4) is 0 Å². The summed E-state index contributed by atoms with van der Waals surface area (Å²) in [4.78, 5) is 14.3. The highest BCUT2D eigenvalue weighted by molar-refractivity contribution is 14.0. The number of benzene rings is 1. The van der Waals surface area contributed by atoms with Crippen molar-refractivity contribution in [1.82, 2.24) is 10.6 Å². The van der Waals surface area contributed by atoms with Crippen LogP contribution in [0.1, 0.15) is 20.3 Å². The highest BCUT2D eigenvalue weighted by Crippen LogP contribution is 2.14. The summed E-state index contributed by atoms with van der Waals surface area (Å²) < 4.78 is 0. The molecule has 0 aromatic heterocycles. The Bertz CT molecular complexity index is 491. The largest absolute Gasteiger partial charge is 0.383 e. The number of halogens is 1. The zero-order valence-corrected chi connectivity index (χ0v) is 16.2. The molecule has 1 rings (SSSR count). The van der Waals surface area contributed by atoms with Crippen molar-refractivity contribution in [2.75, 3.05) is 32.0 Å². The van der Waals surface area contributed by atoms with Crippen molar-refractivity contribution in [3.05, 3.63) is 34.4 Å². The van der Waals surface area contributed by atoms with E-state index >= 15 is 0 Å². The summed E-state index contributed by atoms with van der Waals surface area (Å²) in [7, 11) is 1.74. The van der Waals surface area contributed by atoms with E-state index in [1.54, 1.807) is 19.2 Å². The van der Waals surface area contributed by atoms with E-state index < -0.39 is 4.92 Å². The van der Waals surface area contributed by atoms with Crippen molar-refractivity contribution in [2.45, 2.75) is 20.3 Å². The number of rotatable bonds is 8. The first-order valence-corrected chi connectivity index (χ1v) is 7.45. The maximum Gasteiger partial charge on any atom is 0.269 e. The van der Waals surface area contributed by atoms with E-state index in [1.165, 1.54) is 12.1 Å². The molecule has 3 N–H and O–H groups in total. The van der Waals surface area contributed by atoms with E-state index in [-0.39, 0.29) is 29.7 Å². The zero-order chi connectivity index (χ0) is 16.4. The SMILES string of the molecule is CN=C(NCCNc1ccc([N+](=O)[O-])cc1)NCCC(C)C.I. The third-order valence-electron chi connectivity index (χ3n) is 3.06. The average molecular weight is 435 g/mol. The van der Waals surface area contributed by atoms with E-state index in [0.29, 0.717) is 19.0 Å². The monoisotopic (exact) mass is 435 g/mol. The van der Waals surface area contributed by atoms with Gasteiger partial charge in [0.2, 0.25) is 0 Å². The number of nitrogens with zero attached hydrogens (tertiary/aromatic N) is 2.